The predicted octanol–water partition coefficient (Wildman–Crippen LogP) is 1.91. The molecule has 0 aromatic heterocycles. The van der Waals surface area contributed by atoms with Gasteiger partial charge in [0.1, 0.15) is 11.5 Å². The summed E-state index contributed by atoms with van der Waals surface area (Å²) in [4.78, 5) is 23.4. The van der Waals surface area contributed by atoms with Gasteiger partial charge in [-0.15, -0.1) is 0 Å². The van der Waals surface area contributed by atoms with Gasteiger partial charge in [0.15, 0.2) is 0 Å². The molecule has 2 aromatic carbocycles. The molecule has 26 heavy (non-hydrogen) atoms. The van der Waals surface area contributed by atoms with Crippen LogP contribution >= 0.6 is 0 Å². The average Bonchev–Trinajstić information content (AvgIpc) is 2.62. The van der Waals surface area contributed by atoms with E-state index in [1.165, 1.54) is 0 Å². The van der Waals surface area contributed by atoms with Crippen molar-refractivity contribution in [1.29, 1.82) is 0 Å². The predicted molar refractivity (Wildman–Crippen MR) is 100.0 cm³/mol. The second-order valence-electron chi connectivity index (χ2n) is 5.71. The lowest BCUT2D eigenvalue weighted by atomic mass is 10.0. The third-order valence-corrected chi connectivity index (χ3v) is 3.64. The molecule has 2 rings (SSSR count). The fourth-order valence-electron chi connectivity index (χ4n) is 2.43. The van der Waals surface area contributed by atoms with Gasteiger partial charge in [0.05, 0.1) is 12.5 Å². The number of ether oxygens (including phenoxy) is 1. The van der Waals surface area contributed by atoms with Crippen LogP contribution in [-0.2, 0) is 4.79 Å². The van der Waals surface area contributed by atoms with Crippen LogP contribution in [0.25, 0.3) is 0 Å². The number of urea groups is 1. The number of rotatable bonds is 9. The molecule has 0 aliphatic carbocycles. The summed E-state index contributed by atoms with van der Waals surface area (Å²) in [6.45, 7) is 1.18. The number of hydrogen-bond acceptors (Lipinski definition) is 4. The highest BCUT2D eigenvalue weighted by atomic mass is 16.5. The van der Waals surface area contributed by atoms with Crippen molar-refractivity contribution in [2.45, 2.75) is 12.5 Å². The monoisotopic (exact) mass is 356 g/mol. The van der Waals surface area contributed by atoms with Gasteiger partial charge in [0.2, 0.25) is 5.91 Å². The van der Waals surface area contributed by atoms with Gasteiger partial charge in [-0.05, 0) is 36.9 Å². The SMILES string of the molecule is CNCCNC(=O)CC(NC(N)=O)c1cccc(Oc2ccccc2)c1. The second-order valence-corrected chi connectivity index (χ2v) is 5.71. The number of nitrogens with two attached hydrogens (primary N) is 1. The number of hydrogen-bond donors (Lipinski definition) is 4. The van der Waals surface area contributed by atoms with E-state index in [0.29, 0.717) is 24.6 Å². The Bertz CT molecular complexity index is 722. The molecule has 0 fully saturated rings. The summed E-state index contributed by atoms with van der Waals surface area (Å²) >= 11 is 0. The molecule has 0 bridgehead atoms. The molecule has 5 N–H and O–H groups in total. The Balaban J connectivity index is 2.10. The van der Waals surface area contributed by atoms with Gasteiger partial charge in [0, 0.05) is 13.1 Å². The normalized spacial score (nSPS) is 11.4. The minimum absolute atomic E-state index is 0.0848. The van der Waals surface area contributed by atoms with E-state index in [-0.39, 0.29) is 12.3 Å². The van der Waals surface area contributed by atoms with Crippen molar-refractivity contribution < 1.29 is 14.3 Å². The molecule has 7 nitrogen and oxygen atoms in total. The fraction of sp³-hybridized carbons (Fsp3) is 0.263. The molecule has 7 heteroatoms. The van der Waals surface area contributed by atoms with Crippen molar-refractivity contribution in [2.75, 3.05) is 20.1 Å². The zero-order valence-corrected chi connectivity index (χ0v) is 14.7. The molecule has 1 atom stereocenters. The first-order valence-corrected chi connectivity index (χ1v) is 8.38. The summed E-state index contributed by atoms with van der Waals surface area (Å²) in [6.07, 6.45) is 0.0848. The van der Waals surface area contributed by atoms with Gasteiger partial charge >= 0.3 is 6.03 Å². The standard InChI is InChI=1S/C19H24N4O3/c1-21-10-11-22-18(24)13-17(23-19(20)25)14-6-5-9-16(12-14)26-15-7-3-2-4-8-15/h2-9,12,17,21H,10-11,13H2,1H3,(H,22,24)(H3,20,23,25). The van der Waals surface area contributed by atoms with Crippen LogP contribution in [0, 0.1) is 0 Å². The molecule has 0 aliphatic heterocycles. The van der Waals surface area contributed by atoms with Gasteiger partial charge in [-0.2, -0.15) is 0 Å². The van der Waals surface area contributed by atoms with Crippen LogP contribution in [-0.4, -0.2) is 32.1 Å². The van der Waals surface area contributed by atoms with Crippen molar-refractivity contribution in [1.82, 2.24) is 16.0 Å². The highest BCUT2D eigenvalue weighted by molar-refractivity contribution is 5.78. The number of carbonyl (C=O) groups excluding carboxylic acids is 2. The molecule has 2 aromatic rings. The van der Waals surface area contributed by atoms with Gasteiger partial charge in [-0.1, -0.05) is 30.3 Å². The minimum atomic E-state index is -0.688. The summed E-state index contributed by atoms with van der Waals surface area (Å²) in [5.74, 6) is 1.14. The molecule has 0 saturated carbocycles. The summed E-state index contributed by atoms with van der Waals surface area (Å²) in [6, 6.07) is 15.4. The molecule has 3 amide bonds. The molecular weight excluding hydrogens is 332 g/mol. The Morgan fingerprint density at radius 1 is 1.04 bits per heavy atom. The smallest absolute Gasteiger partial charge is 0.312 e. The fourth-order valence-corrected chi connectivity index (χ4v) is 2.43. The number of likely N-dealkylation sites (N-methyl/N-ethyl adjacent to an activating group) is 1. The van der Waals surface area contributed by atoms with Crippen molar-refractivity contribution in [3.63, 3.8) is 0 Å². The van der Waals surface area contributed by atoms with Gasteiger partial charge in [-0.3, -0.25) is 4.79 Å². The lowest BCUT2D eigenvalue weighted by Crippen LogP contribution is -2.37. The quantitative estimate of drug-likeness (QED) is 0.515. The Hall–Kier alpha value is -3.06. The van der Waals surface area contributed by atoms with Crippen LogP contribution in [0.5, 0.6) is 11.5 Å². The third kappa shape index (κ3) is 6.45. The lowest BCUT2D eigenvalue weighted by molar-refractivity contribution is -0.121. The van der Waals surface area contributed by atoms with Crippen LogP contribution < -0.4 is 26.4 Å². The molecule has 0 radical (unpaired) electrons. The summed E-state index contributed by atoms with van der Waals surface area (Å²) in [7, 11) is 1.81. The molecular formula is C19H24N4O3. The van der Waals surface area contributed by atoms with E-state index in [1.807, 2.05) is 55.6 Å². The third-order valence-electron chi connectivity index (χ3n) is 3.64. The molecule has 138 valence electrons. The van der Waals surface area contributed by atoms with Crippen LogP contribution in [0.15, 0.2) is 54.6 Å². The zero-order valence-electron chi connectivity index (χ0n) is 14.7. The first-order chi connectivity index (χ1) is 12.6. The van der Waals surface area contributed by atoms with E-state index in [1.54, 1.807) is 6.07 Å². The number of amides is 3. The largest absolute Gasteiger partial charge is 0.457 e. The summed E-state index contributed by atoms with van der Waals surface area (Å²) in [5.41, 5.74) is 6.00. The van der Waals surface area contributed by atoms with Crippen molar-refractivity contribution in [3.05, 3.63) is 60.2 Å². The van der Waals surface area contributed by atoms with Crippen molar-refractivity contribution >= 4 is 11.9 Å². The molecule has 0 saturated heterocycles. The highest BCUT2D eigenvalue weighted by Gasteiger charge is 2.18. The Kier molecular flexibility index (Phi) is 7.45. The Labute approximate surface area is 152 Å². The topological polar surface area (TPSA) is 105 Å². The van der Waals surface area contributed by atoms with E-state index < -0.39 is 12.1 Å². The maximum absolute atomic E-state index is 12.1. The van der Waals surface area contributed by atoms with Crippen molar-refractivity contribution in [3.8, 4) is 11.5 Å². The van der Waals surface area contributed by atoms with E-state index in [2.05, 4.69) is 16.0 Å². The minimum Gasteiger partial charge on any atom is -0.457 e. The van der Waals surface area contributed by atoms with Gasteiger partial charge in [-0.25, -0.2) is 4.79 Å². The first kappa shape index (κ1) is 19.3. The lowest BCUT2D eigenvalue weighted by Gasteiger charge is -2.18. The van der Waals surface area contributed by atoms with Crippen LogP contribution in [0.4, 0.5) is 4.79 Å². The maximum Gasteiger partial charge on any atom is 0.312 e. The van der Waals surface area contributed by atoms with Crippen LogP contribution in [0.1, 0.15) is 18.0 Å². The number of para-hydroxylation sites is 1. The van der Waals surface area contributed by atoms with E-state index in [9.17, 15) is 9.59 Å². The maximum atomic E-state index is 12.1. The first-order valence-electron chi connectivity index (χ1n) is 8.38. The van der Waals surface area contributed by atoms with E-state index in [4.69, 9.17) is 10.5 Å². The van der Waals surface area contributed by atoms with Crippen LogP contribution in [0.3, 0.4) is 0 Å². The van der Waals surface area contributed by atoms with E-state index in [0.717, 1.165) is 5.56 Å². The zero-order chi connectivity index (χ0) is 18.8. The van der Waals surface area contributed by atoms with Crippen molar-refractivity contribution in [2.24, 2.45) is 5.73 Å². The number of nitrogens with one attached hydrogen (secondary N) is 3. The van der Waals surface area contributed by atoms with Gasteiger partial charge in [0.25, 0.3) is 0 Å². The number of primary amides is 1. The number of carbonyl (C=O) groups is 2. The van der Waals surface area contributed by atoms with E-state index >= 15 is 0 Å². The van der Waals surface area contributed by atoms with Gasteiger partial charge < -0.3 is 26.4 Å². The number of benzene rings is 2. The van der Waals surface area contributed by atoms with Crippen LogP contribution in [0.2, 0.25) is 0 Å². The summed E-state index contributed by atoms with van der Waals surface area (Å²) in [5, 5.41) is 8.35. The molecule has 0 aliphatic rings. The Morgan fingerprint density at radius 3 is 2.46 bits per heavy atom. The average molecular weight is 356 g/mol. The second kappa shape index (κ2) is 10.0. The molecule has 0 heterocycles. The Morgan fingerprint density at radius 2 is 1.77 bits per heavy atom. The molecule has 1 unspecified atom stereocenters. The summed E-state index contributed by atoms with van der Waals surface area (Å²) < 4.78 is 5.81. The highest BCUT2D eigenvalue weighted by Crippen LogP contribution is 2.25. The molecule has 0 spiro atoms.